The summed E-state index contributed by atoms with van der Waals surface area (Å²) in [7, 11) is 0. The Bertz CT molecular complexity index is 531. The van der Waals surface area contributed by atoms with Gasteiger partial charge in [-0.1, -0.05) is 0 Å². The van der Waals surface area contributed by atoms with E-state index in [2.05, 4.69) is 26.3 Å². The van der Waals surface area contributed by atoms with Gasteiger partial charge in [-0.3, -0.25) is 0 Å². The molecule has 102 valence electrons. The molecule has 0 amide bonds. The molecule has 19 heavy (non-hydrogen) atoms. The van der Waals surface area contributed by atoms with Crippen molar-refractivity contribution in [2.24, 2.45) is 0 Å². The summed E-state index contributed by atoms with van der Waals surface area (Å²) in [6.45, 7) is 3.87. The number of pyridine rings is 1. The first kappa shape index (κ1) is 12.4. The first-order chi connectivity index (χ1) is 9.31. The molecular weight excluding hydrogens is 240 g/mol. The number of likely N-dealkylation sites (tertiary alicyclic amines) is 1. The predicted molar refractivity (Wildman–Crippen MR) is 76.3 cm³/mol. The first-order valence-electron chi connectivity index (χ1n) is 6.90. The highest BCUT2D eigenvalue weighted by molar-refractivity contribution is 5.77. The fourth-order valence-corrected chi connectivity index (χ4v) is 2.51. The van der Waals surface area contributed by atoms with Gasteiger partial charge in [-0.15, -0.1) is 0 Å². The average molecular weight is 260 g/mol. The van der Waals surface area contributed by atoms with Crippen LogP contribution in [-0.4, -0.2) is 52.3 Å². The van der Waals surface area contributed by atoms with Crippen LogP contribution in [0.2, 0.25) is 0 Å². The molecule has 1 saturated heterocycles. The molecule has 0 bridgehead atoms. The van der Waals surface area contributed by atoms with Crippen LogP contribution < -0.4 is 5.32 Å². The molecule has 2 aromatic rings. The van der Waals surface area contributed by atoms with Crippen LogP contribution in [-0.2, 0) is 0 Å². The number of aromatic nitrogens is 2. The predicted octanol–water partition coefficient (Wildman–Crippen LogP) is 1.43. The molecule has 0 unspecified atom stereocenters. The third-order valence-electron chi connectivity index (χ3n) is 3.70. The van der Waals surface area contributed by atoms with Gasteiger partial charge in [-0.05, 0) is 31.0 Å². The average Bonchev–Trinajstić information content (AvgIpc) is 2.88. The van der Waals surface area contributed by atoms with Gasteiger partial charge in [0.05, 0.1) is 6.10 Å². The fraction of sp³-hybridized carbons (Fsp3) is 0.500. The van der Waals surface area contributed by atoms with E-state index in [1.54, 1.807) is 0 Å². The van der Waals surface area contributed by atoms with Crippen molar-refractivity contribution < 1.29 is 5.11 Å². The van der Waals surface area contributed by atoms with Gasteiger partial charge in [0.1, 0.15) is 11.5 Å². The number of hydrogen-bond donors (Lipinski definition) is 3. The van der Waals surface area contributed by atoms with Crippen LogP contribution in [0.3, 0.4) is 0 Å². The van der Waals surface area contributed by atoms with E-state index >= 15 is 0 Å². The molecular formula is C14H20N4O. The number of hydrogen-bond acceptors (Lipinski definition) is 4. The van der Waals surface area contributed by atoms with Gasteiger partial charge in [0.2, 0.25) is 0 Å². The number of aromatic amines is 1. The summed E-state index contributed by atoms with van der Waals surface area (Å²) < 4.78 is 0. The number of aliphatic hydroxyl groups is 1. The van der Waals surface area contributed by atoms with Crippen molar-refractivity contribution in [3.63, 3.8) is 0 Å². The molecule has 5 heteroatoms. The highest BCUT2D eigenvalue weighted by Crippen LogP contribution is 2.13. The van der Waals surface area contributed by atoms with E-state index in [1.807, 2.05) is 18.3 Å². The van der Waals surface area contributed by atoms with Crippen LogP contribution in [0.1, 0.15) is 12.8 Å². The number of aliphatic hydroxyl groups excluding tert-OH is 1. The molecule has 1 aliphatic heterocycles. The van der Waals surface area contributed by atoms with Crippen LogP contribution in [0, 0.1) is 0 Å². The van der Waals surface area contributed by atoms with E-state index in [0.717, 1.165) is 55.9 Å². The van der Waals surface area contributed by atoms with Crippen molar-refractivity contribution in [2.45, 2.75) is 18.9 Å². The summed E-state index contributed by atoms with van der Waals surface area (Å²) in [4.78, 5) is 10.0. The van der Waals surface area contributed by atoms with Crippen molar-refractivity contribution in [3.05, 3.63) is 24.4 Å². The number of H-pyrrole nitrogens is 1. The Hall–Kier alpha value is -1.59. The van der Waals surface area contributed by atoms with Crippen LogP contribution in [0.4, 0.5) is 5.82 Å². The standard InChI is InChI=1S/C14H20N4O/c19-12-4-8-18(9-5-12)10-7-15-13-2-1-11-3-6-16-14(11)17-13/h1-3,6,12,19H,4-5,7-10H2,(H2,15,16,17). The number of nitrogens with zero attached hydrogens (tertiary/aromatic N) is 2. The lowest BCUT2D eigenvalue weighted by Crippen LogP contribution is -2.38. The van der Waals surface area contributed by atoms with Crippen LogP contribution in [0.15, 0.2) is 24.4 Å². The summed E-state index contributed by atoms with van der Waals surface area (Å²) in [5.74, 6) is 0.909. The maximum Gasteiger partial charge on any atom is 0.139 e. The van der Waals surface area contributed by atoms with Gasteiger partial charge in [-0.25, -0.2) is 4.98 Å². The second-order valence-corrected chi connectivity index (χ2v) is 5.11. The molecule has 0 atom stereocenters. The molecule has 0 aromatic carbocycles. The second kappa shape index (κ2) is 5.59. The minimum absolute atomic E-state index is 0.0961. The van der Waals surface area contributed by atoms with E-state index < -0.39 is 0 Å². The Morgan fingerprint density at radius 1 is 1.32 bits per heavy atom. The van der Waals surface area contributed by atoms with E-state index in [-0.39, 0.29) is 6.10 Å². The third-order valence-corrected chi connectivity index (χ3v) is 3.70. The molecule has 0 radical (unpaired) electrons. The van der Waals surface area contributed by atoms with Crippen LogP contribution >= 0.6 is 0 Å². The van der Waals surface area contributed by atoms with Crippen molar-refractivity contribution >= 4 is 16.9 Å². The number of nitrogens with one attached hydrogen (secondary N) is 2. The van der Waals surface area contributed by atoms with Gasteiger partial charge < -0.3 is 20.3 Å². The van der Waals surface area contributed by atoms with Crippen molar-refractivity contribution in [1.29, 1.82) is 0 Å². The Labute approximate surface area is 112 Å². The summed E-state index contributed by atoms with van der Waals surface area (Å²) in [5, 5.41) is 13.9. The Kier molecular flexibility index (Phi) is 3.66. The lowest BCUT2D eigenvalue weighted by atomic mass is 10.1. The van der Waals surface area contributed by atoms with Gasteiger partial charge in [0.15, 0.2) is 0 Å². The zero-order valence-corrected chi connectivity index (χ0v) is 11.0. The smallest absolute Gasteiger partial charge is 0.139 e. The maximum atomic E-state index is 9.45. The largest absolute Gasteiger partial charge is 0.393 e. The number of fused-ring (bicyclic) bond motifs is 1. The number of piperidine rings is 1. The van der Waals surface area contributed by atoms with E-state index in [4.69, 9.17) is 0 Å². The molecule has 3 heterocycles. The topological polar surface area (TPSA) is 64.2 Å². The molecule has 0 saturated carbocycles. The lowest BCUT2D eigenvalue weighted by Gasteiger charge is -2.29. The van der Waals surface area contributed by atoms with E-state index in [1.165, 1.54) is 0 Å². The summed E-state index contributed by atoms with van der Waals surface area (Å²) >= 11 is 0. The molecule has 3 rings (SSSR count). The monoisotopic (exact) mass is 260 g/mol. The normalized spacial score (nSPS) is 17.9. The third kappa shape index (κ3) is 3.05. The second-order valence-electron chi connectivity index (χ2n) is 5.11. The molecule has 1 fully saturated rings. The molecule has 2 aromatic heterocycles. The number of rotatable bonds is 4. The highest BCUT2D eigenvalue weighted by Gasteiger charge is 2.16. The Morgan fingerprint density at radius 3 is 3.00 bits per heavy atom. The van der Waals surface area contributed by atoms with Crippen LogP contribution in [0.25, 0.3) is 11.0 Å². The fourth-order valence-electron chi connectivity index (χ4n) is 2.51. The molecule has 0 aliphatic carbocycles. The maximum absolute atomic E-state index is 9.45. The Morgan fingerprint density at radius 2 is 2.16 bits per heavy atom. The summed E-state index contributed by atoms with van der Waals surface area (Å²) in [5.41, 5.74) is 0.922. The van der Waals surface area contributed by atoms with Crippen molar-refractivity contribution in [2.75, 3.05) is 31.5 Å². The van der Waals surface area contributed by atoms with Crippen molar-refractivity contribution in [1.82, 2.24) is 14.9 Å². The lowest BCUT2D eigenvalue weighted by molar-refractivity contribution is 0.0845. The highest BCUT2D eigenvalue weighted by atomic mass is 16.3. The summed E-state index contributed by atoms with van der Waals surface area (Å²) in [6, 6.07) is 6.10. The van der Waals surface area contributed by atoms with E-state index in [0.29, 0.717) is 0 Å². The van der Waals surface area contributed by atoms with Crippen LogP contribution in [0.5, 0.6) is 0 Å². The number of anilines is 1. The van der Waals surface area contributed by atoms with Gasteiger partial charge in [-0.2, -0.15) is 0 Å². The zero-order chi connectivity index (χ0) is 13.1. The Balaban J connectivity index is 1.49. The minimum Gasteiger partial charge on any atom is -0.393 e. The van der Waals surface area contributed by atoms with Gasteiger partial charge in [0, 0.05) is 37.8 Å². The first-order valence-corrected chi connectivity index (χ1v) is 6.90. The molecule has 1 aliphatic rings. The molecule has 0 spiro atoms. The SMILES string of the molecule is OC1CCN(CCNc2ccc3cc[nH]c3n2)CC1. The van der Waals surface area contributed by atoms with Gasteiger partial charge >= 0.3 is 0 Å². The molecule has 3 N–H and O–H groups in total. The minimum atomic E-state index is -0.0961. The quantitative estimate of drug-likeness (QED) is 0.778. The van der Waals surface area contributed by atoms with Gasteiger partial charge in [0.25, 0.3) is 0 Å². The summed E-state index contributed by atoms with van der Waals surface area (Å²) in [6.07, 6.45) is 3.60. The van der Waals surface area contributed by atoms with E-state index in [9.17, 15) is 5.11 Å². The van der Waals surface area contributed by atoms with Crippen molar-refractivity contribution in [3.8, 4) is 0 Å². The molecule has 5 nitrogen and oxygen atoms in total. The zero-order valence-electron chi connectivity index (χ0n) is 11.0.